The molecule has 0 unspecified atom stereocenters. The van der Waals surface area contributed by atoms with Crippen LogP contribution in [0, 0.1) is 13.8 Å². The van der Waals surface area contributed by atoms with Crippen LogP contribution in [0.15, 0.2) is 36.4 Å². The molecule has 0 saturated carbocycles. The van der Waals surface area contributed by atoms with E-state index in [1.807, 2.05) is 30.9 Å². The van der Waals surface area contributed by atoms with Gasteiger partial charge in [0.05, 0.1) is 0 Å². The summed E-state index contributed by atoms with van der Waals surface area (Å²) in [6, 6.07) is 10.6. The molecule has 1 fully saturated rings. The zero-order valence-corrected chi connectivity index (χ0v) is 18.0. The number of ether oxygens (including phenoxy) is 1. The zero-order valence-electron chi connectivity index (χ0n) is 16.5. The molecule has 29 heavy (non-hydrogen) atoms. The molecule has 0 spiro atoms. The highest BCUT2D eigenvalue weighted by atomic mass is 35.5. The summed E-state index contributed by atoms with van der Waals surface area (Å²) in [6.45, 7) is 4.96. The van der Waals surface area contributed by atoms with Crippen molar-refractivity contribution in [2.75, 3.05) is 19.7 Å². The quantitative estimate of drug-likeness (QED) is 0.757. The maximum Gasteiger partial charge on any atom is 0.258 e. The maximum absolute atomic E-state index is 12.5. The zero-order chi connectivity index (χ0) is 21.0. The second-order valence-corrected chi connectivity index (χ2v) is 8.12. The third-order valence-electron chi connectivity index (χ3n) is 5.02. The van der Waals surface area contributed by atoms with E-state index < -0.39 is 0 Å². The number of carbonyl (C=O) groups excluding carboxylic acids is 2. The van der Waals surface area contributed by atoms with Gasteiger partial charge >= 0.3 is 0 Å². The fraction of sp³-hybridized carbons (Fsp3) is 0.364. The van der Waals surface area contributed by atoms with Crippen molar-refractivity contribution in [1.29, 1.82) is 0 Å². The Kier molecular flexibility index (Phi) is 7.04. The van der Waals surface area contributed by atoms with Gasteiger partial charge in [-0.15, -0.1) is 0 Å². The van der Waals surface area contributed by atoms with Crippen LogP contribution in [-0.4, -0.2) is 42.5 Å². The number of likely N-dealkylation sites (tertiary alicyclic amines) is 1. The number of carbonyl (C=O) groups is 2. The molecule has 154 valence electrons. The van der Waals surface area contributed by atoms with Crippen LogP contribution in [0.3, 0.4) is 0 Å². The van der Waals surface area contributed by atoms with Gasteiger partial charge in [0.1, 0.15) is 5.75 Å². The van der Waals surface area contributed by atoms with Gasteiger partial charge in [0.2, 0.25) is 0 Å². The van der Waals surface area contributed by atoms with Crippen LogP contribution in [0.5, 0.6) is 5.75 Å². The van der Waals surface area contributed by atoms with Crippen LogP contribution in [0.1, 0.15) is 34.3 Å². The average molecular weight is 435 g/mol. The van der Waals surface area contributed by atoms with E-state index in [1.54, 1.807) is 24.3 Å². The van der Waals surface area contributed by atoms with E-state index in [0.717, 1.165) is 11.1 Å². The molecule has 2 aromatic rings. The van der Waals surface area contributed by atoms with Gasteiger partial charge in [0.15, 0.2) is 6.61 Å². The van der Waals surface area contributed by atoms with Crippen LogP contribution in [-0.2, 0) is 4.79 Å². The molecular weight excluding hydrogens is 411 g/mol. The third kappa shape index (κ3) is 5.64. The summed E-state index contributed by atoms with van der Waals surface area (Å²) >= 11 is 12.0. The molecule has 0 bridgehead atoms. The molecule has 1 saturated heterocycles. The lowest BCUT2D eigenvalue weighted by Gasteiger charge is -2.32. The monoisotopic (exact) mass is 434 g/mol. The van der Waals surface area contributed by atoms with Gasteiger partial charge in [0.25, 0.3) is 11.8 Å². The largest absolute Gasteiger partial charge is 0.484 e. The smallest absolute Gasteiger partial charge is 0.258 e. The number of hydrogen-bond donors (Lipinski definition) is 1. The number of benzene rings is 2. The van der Waals surface area contributed by atoms with Crippen LogP contribution in [0.25, 0.3) is 0 Å². The number of nitrogens with zero attached hydrogens (tertiary/aromatic N) is 1. The second kappa shape index (κ2) is 9.51. The van der Waals surface area contributed by atoms with Gasteiger partial charge in [0, 0.05) is 34.7 Å². The van der Waals surface area contributed by atoms with Crippen molar-refractivity contribution in [3.8, 4) is 5.75 Å². The topological polar surface area (TPSA) is 58.6 Å². The third-order valence-corrected chi connectivity index (χ3v) is 5.87. The van der Waals surface area contributed by atoms with E-state index >= 15 is 0 Å². The predicted molar refractivity (Wildman–Crippen MR) is 115 cm³/mol. The molecule has 0 radical (unpaired) electrons. The summed E-state index contributed by atoms with van der Waals surface area (Å²) in [6.07, 6.45) is 1.43. The highest BCUT2D eigenvalue weighted by molar-refractivity contribution is 6.32. The number of amides is 2. The molecule has 5 nitrogen and oxygen atoms in total. The van der Waals surface area contributed by atoms with Crippen molar-refractivity contribution in [1.82, 2.24) is 10.2 Å². The molecule has 1 aliphatic rings. The molecular formula is C22H24Cl2N2O3. The highest BCUT2D eigenvalue weighted by Crippen LogP contribution is 2.25. The van der Waals surface area contributed by atoms with Crippen LogP contribution in [0.2, 0.25) is 10.0 Å². The number of aryl methyl sites for hydroxylation is 2. The fourth-order valence-corrected chi connectivity index (χ4v) is 3.64. The van der Waals surface area contributed by atoms with E-state index in [0.29, 0.717) is 47.3 Å². The Morgan fingerprint density at radius 2 is 1.66 bits per heavy atom. The van der Waals surface area contributed by atoms with Crippen molar-refractivity contribution in [3.05, 3.63) is 63.1 Å². The molecule has 2 aromatic carbocycles. The number of rotatable bonds is 5. The normalized spacial score (nSPS) is 14.6. The van der Waals surface area contributed by atoms with E-state index in [2.05, 4.69) is 5.32 Å². The Labute approximate surface area is 180 Å². The Morgan fingerprint density at radius 1 is 1.07 bits per heavy atom. The standard InChI is InChI=1S/C22H24Cl2N2O3/c1-14-11-19(12-15(2)21(14)24)29-13-20(27)25-18-7-9-26(10-8-18)22(28)16-3-5-17(23)6-4-16/h3-6,11-12,18H,7-10,13H2,1-2H3,(H,25,27). The Balaban J connectivity index is 1.45. The lowest BCUT2D eigenvalue weighted by Crippen LogP contribution is -2.47. The minimum atomic E-state index is -0.169. The molecule has 7 heteroatoms. The predicted octanol–water partition coefficient (Wildman–Crippen LogP) is 4.41. The van der Waals surface area contributed by atoms with Gasteiger partial charge in [-0.25, -0.2) is 0 Å². The van der Waals surface area contributed by atoms with Crippen LogP contribution in [0.4, 0.5) is 0 Å². The average Bonchev–Trinajstić information content (AvgIpc) is 2.71. The summed E-state index contributed by atoms with van der Waals surface area (Å²) < 4.78 is 5.61. The molecule has 1 N–H and O–H groups in total. The molecule has 0 aromatic heterocycles. The summed E-state index contributed by atoms with van der Waals surface area (Å²) in [7, 11) is 0. The van der Waals surface area contributed by atoms with Gasteiger partial charge in [-0.3, -0.25) is 9.59 Å². The van der Waals surface area contributed by atoms with Gasteiger partial charge in [-0.1, -0.05) is 23.2 Å². The van der Waals surface area contributed by atoms with Crippen LogP contribution < -0.4 is 10.1 Å². The molecule has 1 heterocycles. The van der Waals surface area contributed by atoms with E-state index in [1.165, 1.54) is 0 Å². The molecule has 0 aliphatic carbocycles. The van der Waals surface area contributed by atoms with Crippen molar-refractivity contribution in [3.63, 3.8) is 0 Å². The molecule has 2 amide bonds. The second-order valence-electron chi connectivity index (χ2n) is 7.30. The summed E-state index contributed by atoms with van der Waals surface area (Å²) in [5.41, 5.74) is 2.46. The molecule has 3 rings (SSSR count). The summed E-state index contributed by atoms with van der Waals surface area (Å²) in [4.78, 5) is 26.6. The first-order valence-electron chi connectivity index (χ1n) is 9.57. The number of halogens is 2. The minimum absolute atomic E-state index is 0.0109. The van der Waals surface area contributed by atoms with Gasteiger partial charge < -0.3 is 15.0 Å². The van der Waals surface area contributed by atoms with Crippen molar-refractivity contribution in [2.45, 2.75) is 32.7 Å². The van der Waals surface area contributed by atoms with E-state index in [9.17, 15) is 9.59 Å². The molecule has 0 atom stereocenters. The highest BCUT2D eigenvalue weighted by Gasteiger charge is 2.24. The Hall–Kier alpha value is -2.24. The number of hydrogen-bond acceptors (Lipinski definition) is 3. The van der Waals surface area contributed by atoms with Crippen molar-refractivity contribution < 1.29 is 14.3 Å². The van der Waals surface area contributed by atoms with E-state index in [-0.39, 0.29) is 24.5 Å². The fourth-order valence-electron chi connectivity index (χ4n) is 3.41. The lowest BCUT2D eigenvalue weighted by atomic mass is 10.0. The van der Waals surface area contributed by atoms with Crippen LogP contribution >= 0.6 is 23.2 Å². The van der Waals surface area contributed by atoms with Gasteiger partial charge in [-0.05, 0) is 74.2 Å². The van der Waals surface area contributed by atoms with Crippen molar-refractivity contribution in [2.24, 2.45) is 0 Å². The van der Waals surface area contributed by atoms with E-state index in [4.69, 9.17) is 27.9 Å². The summed E-state index contributed by atoms with van der Waals surface area (Å²) in [5.74, 6) is 0.448. The van der Waals surface area contributed by atoms with Crippen molar-refractivity contribution >= 4 is 35.0 Å². The first-order valence-corrected chi connectivity index (χ1v) is 10.3. The lowest BCUT2D eigenvalue weighted by molar-refractivity contribution is -0.124. The Bertz CT molecular complexity index is 868. The maximum atomic E-state index is 12.5. The summed E-state index contributed by atoms with van der Waals surface area (Å²) in [5, 5.41) is 4.31. The minimum Gasteiger partial charge on any atom is -0.484 e. The number of piperidine rings is 1. The SMILES string of the molecule is Cc1cc(OCC(=O)NC2CCN(C(=O)c3ccc(Cl)cc3)CC2)cc(C)c1Cl. The van der Waals surface area contributed by atoms with Gasteiger partial charge in [-0.2, -0.15) is 0 Å². The first-order chi connectivity index (χ1) is 13.8. The Morgan fingerprint density at radius 3 is 2.24 bits per heavy atom. The number of nitrogens with one attached hydrogen (secondary N) is 1. The molecule has 1 aliphatic heterocycles. The first kappa shape index (κ1) is 21.5.